The molecule has 0 aromatic heterocycles. The fourth-order valence-corrected chi connectivity index (χ4v) is 7.63. The Kier molecular flexibility index (Phi) is 9.80. The maximum Gasteiger partial charge on any atom is 0.309 e. The second-order valence-corrected chi connectivity index (χ2v) is 12.6. The molecule has 0 amide bonds. The van der Waals surface area contributed by atoms with Crippen molar-refractivity contribution in [1.29, 1.82) is 0 Å². The normalized spacial score (nSPS) is 40.5. The summed E-state index contributed by atoms with van der Waals surface area (Å²) in [6.45, 7) is 4.69. The Morgan fingerprint density at radius 3 is 1.76 bits per heavy atom. The van der Waals surface area contributed by atoms with Crippen LogP contribution in [0.1, 0.15) is 129 Å². The summed E-state index contributed by atoms with van der Waals surface area (Å²) in [7, 11) is 0. The molecule has 0 radical (unpaired) electrons. The minimum absolute atomic E-state index is 0.137. The first kappa shape index (κ1) is 25.3. The lowest BCUT2D eigenvalue weighted by Crippen LogP contribution is -2.32. The fourth-order valence-electron chi connectivity index (χ4n) is 7.63. The summed E-state index contributed by atoms with van der Waals surface area (Å²) in [6, 6.07) is 0. The van der Waals surface area contributed by atoms with Gasteiger partial charge in [0.05, 0.1) is 5.92 Å². The minimum Gasteiger partial charge on any atom is -0.462 e. The predicted molar refractivity (Wildman–Crippen MR) is 138 cm³/mol. The Hall–Kier alpha value is -0.790. The molecule has 33 heavy (non-hydrogen) atoms. The van der Waals surface area contributed by atoms with Gasteiger partial charge in [0.2, 0.25) is 0 Å². The van der Waals surface area contributed by atoms with E-state index < -0.39 is 0 Å². The predicted octanol–water partition coefficient (Wildman–Crippen LogP) is 8.88. The van der Waals surface area contributed by atoms with Gasteiger partial charge in [0.1, 0.15) is 6.10 Å². The second-order valence-electron chi connectivity index (χ2n) is 12.6. The Balaban J connectivity index is 1.11. The molecule has 0 unspecified atom stereocenters. The van der Waals surface area contributed by atoms with E-state index in [4.69, 9.17) is 4.74 Å². The molecule has 0 aromatic carbocycles. The highest BCUT2D eigenvalue weighted by Crippen LogP contribution is 2.42. The Morgan fingerprint density at radius 1 is 0.697 bits per heavy atom. The minimum atomic E-state index is 0.137. The molecule has 2 heteroatoms. The van der Waals surface area contributed by atoms with Crippen molar-refractivity contribution in [2.75, 3.05) is 0 Å². The van der Waals surface area contributed by atoms with Gasteiger partial charge in [-0.05, 0) is 125 Å². The summed E-state index contributed by atoms with van der Waals surface area (Å²) in [5, 5.41) is 0. The maximum absolute atomic E-state index is 12.8. The third-order valence-corrected chi connectivity index (χ3v) is 10.1. The number of allylic oxidation sites excluding steroid dienone is 2. The van der Waals surface area contributed by atoms with Crippen molar-refractivity contribution in [2.24, 2.45) is 41.4 Å². The number of hydrogen-bond acceptors (Lipinski definition) is 2. The molecule has 0 heterocycles. The summed E-state index contributed by atoms with van der Waals surface area (Å²) >= 11 is 0. The topological polar surface area (TPSA) is 26.3 Å². The van der Waals surface area contributed by atoms with Gasteiger partial charge in [-0.1, -0.05) is 51.7 Å². The van der Waals surface area contributed by atoms with Gasteiger partial charge in [-0.3, -0.25) is 4.79 Å². The lowest BCUT2D eigenvalue weighted by Gasteiger charge is -2.37. The number of hydrogen-bond donors (Lipinski definition) is 0. The zero-order chi connectivity index (χ0) is 23.0. The Labute approximate surface area is 204 Å². The van der Waals surface area contributed by atoms with Crippen molar-refractivity contribution >= 4 is 5.97 Å². The van der Waals surface area contributed by atoms with Crippen LogP contribution in [0.4, 0.5) is 0 Å². The Bertz CT molecular complexity index is 592. The summed E-state index contributed by atoms with van der Waals surface area (Å²) in [4.78, 5) is 12.8. The van der Waals surface area contributed by atoms with Crippen LogP contribution >= 0.6 is 0 Å². The maximum atomic E-state index is 12.8. The standard InChI is InChI=1S/C31H52O2/c1-3-4-24-13-21-30(22-14-24)33-31(32)29-19-17-28(18-20-29)27-15-11-26(12-16-27)10-9-25-7-5-23(2)6-8-25/h9-10,23-30H,3-8,11-22H2,1-2H3/b10-9+. The molecule has 4 fully saturated rings. The summed E-state index contributed by atoms with van der Waals surface area (Å²) < 4.78 is 5.99. The lowest BCUT2D eigenvalue weighted by atomic mass is 9.69. The van der Waals surface area contributed by atoms with Crippen molar-refractivity contribution in [3.63, 3.8) is 0 Å². The van der Waals surface area contributed by atoms with Crippen molar-refractivity contribution in [1.82, 2.24) is 0 Å². The molecule has 0 saturated heterocycles. The first-order valence-corrected chi connectivity index (χ1v) is 15.0. The van der Waals surface area contributed by atoms with E-state index in [1.807, 2.05) is 0 Å². The molecule has 0 aliphatic heterocycles. The van der Waals surface area contributed by atoms with Crippen molar-refractivity contribution < 1.29 is 9.53 Å². The number of rotatable bonds is 7. The molecule has 4 saturated carbocycles. The number of esters is 1. The van der Waals surface area contributed by atoms with Crippen molar-refractivity contribution in [3.05, 3.63) is 12.2 Å². The van der Waals surface area contributed by atoms with Crippen LogP contribution in [-0.4, -0.2) is 12.1 Å². The molecule has 4 rings (SSSR count). The van der Waals surface area contributed by atoms with Crippen LogP contribution in [0.15, 0.2) is 12.2 Å². The van der Waals surface area contributed by atoms with Gasteiger partial charge in [0.15, 0.2) is 0 Å². The molecule has 0 spiro atoms. The summed E-state index contributed by atoms with van der Waals surface area (Å²) in [5.74, 6) is 5.62. The molecular formula is C31H52O2. The van der Waals surface area contributed by atoms with Crippen LogP contribution in [-0.2, 0) is 9.53 Å². The van der Waals surface area contributed by atoms with Crippen LogP contribution in [0.5, 0.6) is 0 Å². The zero-order valence-electron chi connectivity index (χ0n) is 21.8. The molecule has 188 valence electrons. The molecule has 4 aliphatic rings. The average Bonchev–Trinajstić information content (AvgIpc) is 2.85. The number of ether oxygens (including phenoxy) is 1. The highest BCUT2D eigenvalue weighted by Gasteiger charge is 2.34. The van der Waals surface area contributed by atoms with E-state index in [1.165, 1.54) is 89.9 Å². The van der Waals surface area contributed by atoms with Gasteiger partial charge in [0, 0.05) is 0 Å². The van der Waals surface area contributed by atoms with Gasteiger partial charge in [-0.2, -0.15) is 0 Å². The molecule has 0 N–H and O–H groups in total. The van der Waals surface area contributed by atoms with Crippen LogP contribution in [0.3, 0.4) is 0 Å². The van der Waals surface area contributed by atoms with E-state index in [0.29, 0.717) is 0 Å². The average molecular weight is 457 g/mol. The van der Waals surface area contributed by atoms with E-state index in [-0.39, 0.29) is 18.0 Å². The van der Waals surface area contributed by atoms with Crippen LogP contribution in [0.2, 0.25) is 0 Å². The zero-order valence-corrected chi connectivity index (χ0v) is 21.8. The monoisotopic (exact) mass is 456 g/mol. The van der Waals surface area contributed by atoms with E-state index in [1.54, 1.807) is 0 Å². The second kappa shape index (κ2) is 12.8. The van der Waals surface area contributed by atoms with Gasteiger partial charge in [-0.25, -0.2) is 0 Å². The molecule has 4 aliphatic carbocycles. The van der Waals surface area contributed by atoms with Gasteiger partial charge < -0.3 is 4.74 Å². The van der Waals surface area contributed by atoms with E-state index >= 15 is 0 Å². The van der Waals surface area contributed by atoms with E-state index in [9.17, 15) is 4.79 Å². The highest BCUT2D eigenvalue weighted by atomic mass is 16.5. The highest BCUT2D eigenvalue weighted by molar-refractivity contribution is 5.72. The molecular weight excluding hydrogens is 404 g/mol. The molecule has 2 nitrogen and oxygen atoms in total. The van der Waals surface area contributed by atoms with Crippen molar-refractivity contribution in [3.8, 4) is 0 Å². The fraction of sp³-hybridized carbons (Fsp3) is 0.903. The number of carbonyl (C=O) groups is 1. The van der Waals surface area contributed by atoms with Crippen molar-refractivity contribution in [2.45, 2.75) is 136 Å². The van der Waals surface area contributed by atoms with Gasteiger partial charge >= 0.3 is 5.97 Å². The van der Waals surface area contributed by atoms with Gasteiger partial charge in [-0.15, -0.1) is 0 Å². The van der Waals surface area contributed by atoms with Crippen LogP contribution in [0.25, 0.3) is 0 Å². The number of carbonyl (C=O) groups excluding carboxylic acids is 1. The SMILES string of the molecule is CCCC1CCC(OC(=O)C2CCC(C3CCC(/C=C/C4CCC(C)CC4)CC3)CC2)CC1. The molecule has 0 aromatic rings. The Morgan fingerprint density at radius 2 is 1.21 bits per heavy atom. The smallest absolute Gasteiger partial charge is 0.309 e. The largest absolute Gasteiger partial charge is 0.462 e. The van der Waals surface area contributed by atoms with Crippen LogP contribution < -0.4 is 0 Å². The van der Waals surface area contributed by atoms with E-state index in [2.05, 4.69) is 26.0 Å². The molecule has 0 atom stereocenters. The van der Waals surface area contributed by atoms with Gasteiger partial charge in [0.25, 0.3) is 0 Å². The summed E-state index contributed by atoms with van der Waals surface area (Å²) in [5.41, 5.74) is 0. The first-order valence-electron chi connectivity index (χ1n) is 15.0. The van der Waals surface area contributed by atoms with E-state index in [0.717, 1.165) is 61.2 Å². The first-order chi connectivity index (χ1) is 16.1. The third kappa shape index (κ3) is 7.60. The lowest BCUT2D eigenvalue weighted by molar-refractivity contribution is -0.157. The molecule has 0 bridgehead atoms. The van der Waals surface area contributed by atoms with Crippen LogP contribution in [0, 0.1) is 41.4 Å². The quantitative estimate of drug-likeness (QED) is 0.282. The summed E-state index contributed by atoms with van der Waals surface area (Å²) in [6.07, 6.45) is 28.7. The third-order valence-electron chi connectivity index (χ3n) is 10.1.